The van der Waals surface area contributed by atoms with E-state index in [2.05, 4.69) is 44.7 Å². The number of rotatable bonds is 9. The molecule has 1 amide bonds. The number of carbonyl (C=O) groups is 1. The van der Waals surface area contributed by atoms with Crippen LogP contribution in [0.3, 0.4) is 0 Å². The summed E-state index contributed by atoms with van der Waals surface area (Å²) in [5.41, 5.74) is 0.706. The Morgan fingerprint density at radius 1 is 1.07 bits per heavy atom. The summed E-state index contributed by atoms with van der Waals surface area (Å²) in [6.45, 7) is 10.4. The first-order chi connectivity index (χ1) is 14.5. The van der Waals surface area contributed by atoms with E-state index in [-0.39, 0.29) is 5.91 Å². The normalized spacial score (nSPS) is 15.4. The van der Waals surface area contributed by atoms with E-state index in [1.54, 1.807) is 26.4 Å². The highest BCUT2D eigenvalue weighted by Gasteiger charge is 2.19. The summed E-state index contributed by atoms with van der Waals surface area (Å²) >= 11 is 0. The van der Waals surface area contributed by atoms with Crippen molar-refractivity contribution in [2.45, 2.75) is 26.3 Å². The number of amides is 1. The van der Waals surface area contributed by atoms with E-state index in [4.69, 9.17) is 9.47 Å². The Kier molecular flexibility index (Phi) is 7.70. The second-order valence-electron chi connectivity index (χ2n) is 7.87. The number of imidazole rings is 1. The Labute approximate surface area is 178 Å². The minimum absolute atomic E-state index is 0.0179. The van der Waals surface area contributed by atoms with Gasteiger partial charge in [0.2, 0.25) is 5.91 Å². The maximum Gasteiger partial charge on any atom is 0.238 e. The van der Waals surface area contributed by atoms with Crippen LogP contribution in [-0.2, 0) is 11.3 Å². The second-order valence-corrected chi connectivity index (χ2v) is 7.87. The molecule has 164 valence electrons. The third-order valence-corrected chi connectivity index (χ3v) is 5.42. The van der Waals surface area contributed by atoms with Crippen LogP contribution in [0.1, 0.15) is 25.6 Å². The van der Waals surface area contributed by atoms with Crippen molar-refractivity contribution in [3.63, 3.8) is 0 Å². The molecule has 1 aliphatic rings. The van der Waals surface area contributed by atoms with Gasteiger partial charge >= 0.3 is 0 Å². The fraction of sp³-hybridized carbons (Fsp3) is 0.545. The third kappa shape index (κ3) is 5.73. The first-order valence-electron chi connectivity index (χ1n) is 10.5. The van der Waals surface area contributed by atoms with Crippen LogP contribution >= 0.6 is 0 Å². The minimum Gasteiger partial charge on any atom is -0.493 e. The average Bonchev–Trinajstić information content (AvgIpc) is 3.22. The molecule has 3 rings (SSSR count). The maximum atomic E-state index is 12.4. The smallest absolute Gasteiger partial charge is 0.238 e. The summed E-state index contributed by atoms with van der Waals surface area (Å²) in [5.74, 6) is 2.79. The van der Waals surface area contributed by atoms with Crippen molar-refractivity contribution < 1.29 is 14.3 Å². The zero-order chi connectivity index (χ0) is 21.5. The molecular weight excluding hydrogens is 382 g/mol. The van der Waals surface area contributed by atoms with E-state index >= 15 is 0 Å². The summed E-state index contributed by atoms with van der Waals surface area (Å²) in [7, 11) is 3.17. The van der Waals surface area contributed by atoms with E-state index in [0.717, 1.165) is 45.1 Å². The van der Waals surface area contributed by atoms with Gasteiger partial charge in [-0.05, 0) is 12.1 Å². The Hall–Kier alpha value is -2.58. The van der Waals surface area contributed by atoms with Crippen LogP contribution in [0.2, 0.25) is 0 Å². The van der Waals surface area contributed by atoms with Crippen LogP contribution in [0.4, 0.5) is 5.69 Å². The standard InChI is InChI=1S/C22H33N5O3/c1-17(2)22-23-7-8-27(22)14-13-25-9-11-26(12-10-25)16-21(28)24-18-5-6-19(29-3)20(15-18)30-4/h5-8,15,17H,9-14,16H2,1-4H3,(H,24,28). The summed E-state index contributed by atoms with van der Waals surface area (Å²) in [6.07, 6.45) is 3.94. The molecular formula is C22H33N5O3. The fourth-order valence-electron chi connectivity index (χ4n) is 3.75. The largest absolute Gasteiger partial charge is 0.493 e. The van der Waals surface area contributed by atoms with Gasteiger partial charge in [0, 0.05) is 69.3 Å². The molecule has 1 aromatic carbocycles. The number of hydrogen-bond acceptors (Lipinski definition) is 6. The number of hydrogen-bond donors (Lipinski definition) is 1. The van der Waals surface area contributed by atoms with Gasteiger partial charge in [-0.2, -0.15) is 0 Å². The van der Waals surface area contributed by atoms with E-state index in [1.165, 1.54) is 0 Å². The number of aromatic nitrogens is 2. The summed E-state index contributed by atoms with van der Waals surface area (Å²) in [4.78, 5) is 21.6. The summed E-state index contributed by atoms with van der Waals surface area (Å²) in [5, 5.41) is 2.95. The number of nitrogens with zero attached hydrogens (tertiary/aromatic N) is 4. The SMILES string of the molecule is COc1ccc(NC(=O)CN2CCN(CCn3ccnc3C(C)C)CC2)cc1OC. The molecule has 0 radical (unpaired) electrons. The fourth-order valence-corrected chi connectivity index (χ4v) is 3.75. The molecule has 1 aliphatic heterocycles. The van der Waals surface area contributed by atoms with Gasteiger partial charge < -0.3 is 19.4 Å². The molecule has 0 saturated carbocycles. The van der Waals surface area contributed by atoms with Crippen molar-refractivity contribution >= 4 is 11.6 Å². The highest BCUT2D eigenvalue weighted by Crippen LogP contribution is 2.29. The number of carbonyl (C=O) groups excluding carboxylic acids is 1. The van der Waals surface area contributed by atoms with Gasteiger partial charge in [-0.25, -0.2) is 4.98 Å². The molecule has 0 aliphatic carbocycles. The van der Waals surface area contributed by atoms with Crippen LogP contribution in [0.25, 0.3) is 0 Å². The van der Waals surface area contributed by atoms with Crippen LogP contribution in [0.15, 0.2) is 30.6 Å². The van der Waals surface area contributed by atoms with Gasteiger partial charge in [-0.1, -0.05) is 13.8 Å². The lowest BCUT2D eigenvalue weighted by atomic mass is 10.2. The first-order valence-corrected chi connectivity index (χ1v) is 10.5. The number of ether oxygens (including phenoxy) is 2. The van der Waals surface area contributed by atoms with Crippen molar-refractivity contribution in [2.24, 2.45) is 0 Å². The highest BCUT2D eigenvalue weighted by molar-refractivity contribution is 5.92. The molecule has 2 heterocycles. The molecule has 2 aromatic rings. The molecule has 0 atom stereocenters. The molecule has 8 heteroatoms. The number of nitrogens with one attached hydrogen (secondary N) is 1. The number of anilines is 1. The van der Waals surface area contributed by atoms with Gasteiger partial charge in [-0.3, -0.25) is 14.6 Å². The third-order valence-electron chi connectivity index (χ3n) is 5.42. The van der Waals surface area contributed by atoms with E-state index < -0.39 is 0 Å². The van der Waals surface area contributed by atoms with Crippen molar-refractivity contribution in [3.05, 3.63) is 36.4 Å². The highest BCUT2D eigenvalue weighted by atomic mass is 16.5. The summed E-state index contributed by atoms with van der Waals surface area (Å²) in [6, 6.07) is 5.38. The van der Waals surface area contributed by atoms with Crippen molar-refractivity contribution in [1.82, 2.24) is 19.4 Å². The molecule has 0 spiro atoms. The van der Waals surface area contributed by atoms with E-state index in [0.29, 0.717) is 29.6 Å². The van der Waals surface area contributed by atoms with Gasteiger partial charge in [0.15, 0.2) is 11.5 Å². The zero-order valence-electron chi connectivity index (χ0n) is 18.4. The second kappa shape index (κ2) is 10.4. The van der Waals surface area contributed by atoms with E-state index in [1.807, 2.05) is 12.3 Å². The Balaban J connectivity index is 1.42. The van der Waals surface area contributed by atoms with Crippen molar-refractivity contribution in [3.8, 4) is 11.5 Å². The maximum absolute atomic E-state index is 12.4. The molecule has 0 bridgehead atoms. The van der Waals surface area contributed by atoms with Crippen LogP contribution in [-0.4, -0.2) is 78.7 Å². The zero-order valence-corrected chi connectivity index (χ0v) is 18.4. The van der Waals surface area contributed by atoms with Gasteiger partial charge in [0.25, 0.3) is 0 Å². The predicted molar refractivity (Wildman–Crippen MR) is 117 cm³/mol. The Bertz CT molecular complexity index is 828. The van der Waals surface area contributed by atoms with Crippen LogP contribution in [0.5, 0.6) is 11.5 Å². The molecule has 0 unspecified atom stereocenters. The average molecular weight is 416 g/mol. The molecule has 30 heavy (non-hydrogen) atoms. The monoisotopic (exact) mass is 415 g/mol. The molecule has 1 saturated heterocycles. The number of piperazine rings is 1. The van der Waals surface area contributed by atoms with Crippen molar-refractivity contribution in [1.29, 1.82) is 0 Å². The lowest BCUT2D eigenvalue weighted by Crippen LogP contribution is -2.49. The summed E-state index contributed by atoms with van der Waals surface area (Å²) < 4.78 is 12.8. The number of methoxy groups -OCH3 is 2. The van der Waals surface area contributed by atoms with Gasteiger partial charge in [-0.15, -0.1) is 0 Å². The molecule has 1 N–H and O–H groups in total. The van der Waals surface area contributed by atoms with Gasteiger partial charge in [0.05, 0.1) is 20.8 Å². The Morgan fingerprint density at radius 3 is 2.43 bits per heavy atom. The lowest BCUT2D eigenvalue weighted by Gasteiger charge is -2.34. The molecule has 1 aromatic heterocycles. The molecule has 1 fully saturated rings. The van der Waals surface area contributed by atoms with Gasteiger partial charge in [0.1, 0.15) is 5.82 Å². The lowest BCUT2D eigenvalue weighted by molar-refractivity contribution is -0.117. The van der Waals surface area contributed by atoms with Crippen LogP contribution < -0.4 is 14.8 Å². The number of benzene rings is 1. The predicted octanol–water partition coefficient (Wildman–Crippen LogP) is 2.28. The Morgan fingerprint density at radius 2 is 1.77 bits per heavy atom. The quantitative estimate of drug-likeness (QED) is 0.678. The van der Waals surface area contributed by atoms with Crippen LogP contribution in [0, 0.1) is 0 Å². The topological polar surface area (TPSA) is 71.9 Å². The minimum atomic E-state index is -0.0179. The molecule has 8 nitrogen and oxygen atoms in total. The first kappa shape index (κ1) is 22.1. The van der Waals surface area contributed by atoms with Crippen molar-refractivity contribution in [2.75, 3.05) is 58.8 Å². The van der Waals surface area contributed by atoms with E-state index in [9.17, 15) is 4.79 Å².